The van der Waals surface area contributed by atoms with E-state index in [-0.39, 0.29) is 5.91 Å². The molecule has 0 aliphatic carbocycles. The highest BCUT2D eigenvalue weighted by molar-refractivity contribution is 5.94. The molecule has 5 nitrogen and oxygen atoms in total. The minimum absolute atomic E-state index is 0.0239. The van der Waals surface area contributed by atoms with Crippen molar-refractivity contribution in [3.05, 3.63) is 54.1 Å². The van der Waals surface area contributed by atoms with E-state index >= 15 is 0 Å². The van der Waals surface area contributed by atoms with E-state index in [9.17, 15) is 4.79 Å². The van der Waals surface area contributed by atoms with E-state index in [1.54, 1.807) is 18.2 Å². The van der Waals surface area contributed by atoms with Gasteiger partial charge in [-0.15, -0.1) is 0 Å². The van der Waals surface area contributed by atoms with E-state index in [4.69, 9.17) is 14.2 Å². The lowest BCUT2D eigenvalue weighted by Crippen LogP contribution is -2.31. The lowest BCUT2D eigenvalue weighted by Gasteiger charge is -2.21. The molecule has 5 heteroatoms. The van der Waals surface area contributed by atoms with Crippen LogP contribution in [0.15, 0.2) is 48.5 Å². The summed E-state index contributed by atoms with van der Waals surface area (Å²) < 4.78 is 17.2. The Morgan fingerprint density at radius 2 is 1.64 bits per heavy atom. The highest BCUT2D eigenvalue weighted by Gasteiger charge is 2.16. The third kappa shape index (κ3) is 6.48. The van der Waals surface area contributed by atoms with E-state index in [2.05, 4.69) is 6.92 Å². The quantitative estimate of drug-likeness (QED) is 0.492. The van der Waals surface area contributed by atoms with Crippen molar-refractivity contribution in [1.82, 2.24) is 4.90 Å². The number of benzene rings is 2. The van der Waals surface area contributed by atoms with Gasteiger partial charge in [0.25, 0.3) is 5.91 Å². The number of ether oxygens (including phenoxy) is 3. The van der Waals surface area contributed by atoms with Gasteiger partial charge in [0.15, 0.2) is 11.5 Å². The summed E-state index contributed by atoms with van der Waals surface area (Å²) in [6, 6.07) is 15.0. The fraction of sp³-hybridized carbons (Fsp3) is 0.435. The standard InChI is InChI=1S/C23H31NO4/c1-4-7-15-24(5-2)23(25)19-13-14-21(22(18-19)26-6-3)28-17-16-27-20-11-9-8-10-12-20/h8-14,18H,4-7,15-17H2,1-3H3. The first-order valence-corrected chi connectivity index (χ1v) is 10.1. The second-order valence-corrected chi connectivity index (χ2v) is 6.34. The van der Waals surface area contributed by atoms with Crippen molar-refractivity contribution in [2.75, 3.05) is 32.9 Å². The number of unbranched alkanes of at least 4 members (excludes halogenated alkanes) is 1. The molecule has 28 heavy (non-hydrogen) atoms. The molecule has 152 valence electrons. The minimum atomic E-state index is 0.0239. The summed E-state index contributed by atoms with van der Waals surface area (Å²) in [4.78, 5) is 14.6. The van der Waals surface area contributed by atoms with Gasteiger partial charge in [0.2, 0.25) is 0 Å². The molecule has 0 heterocycles. The van der Waals surface area contributed by atoms with Gasteiger partial charge in [-0.05, 0) is 50.6 Å². The number of nitrogens with zero attached hydrogens (tertiary/aromatic N) is 1. The van der Waals surface area contributed by atoms with E-state index in [0.717, 1.165) is 25.1 Å². The number of carbonyl (C=O) groups is 1. The predicted molar refractivity (Wildman–Crippen MR) is 112 cm³/mol. The monoisotopic (exact) mass is 385 g/mol. The van der Waals surface area contributed by atoms with Crippen LogP contribution in [-0.2, 0) is 0 Å². The second kappa shape index (κ2) is 11.9. The highest BCUT2D eigenvalue weighted by Crippen LogP contribution is 2.29. The van der Waals surface area contributed by atoms with Crippen LogP contribution < -0.4 is 14.2 Å². The van der Waals surface area contributed by atoms with Crippen LogP contribution in [0.3, 0.4) is 0 Å². The zero-order valence-corrected chi connectivity index (χ0v) is 17.1. The van der Waals surface area contributed by atoms with Crippen molar-refractivity contribution in [2.24, 2.45) is 0 Å². The highest BCUT2D eigenvalue weighted by atomic mass is 16.5. The van der Waals surface area contributed by atoms with E-state index < -0.39 is 0 Å². The Kier molecular flexibility index (Phi) is 9.19. The lowest BCUT2D eigenvalue weighted by molar-refractivity contribution is 0.0761. The summed E-state index contributed by atoms with van der Waals surface area (Å²) in [6.07, 6.45) is 2.06. The average molecular weight is 386 g/mol. The van der Waals surface area contributed by atoms with Crippen LogP contribution >= 0.6 is 0 Å². The third-order valence-corrected chi connectivity index (χ3v) is 4.29. The van der Waals surface area contributed by atoms with Crippen LogP contribution in [0.5, 0.6) is 17.2 Å². The fourth-order valence-electron chi connectivity index (χ4n) is 2.79. The molecule has 0 bridgehead atoms. The Morgan fingerprint density at radius 3 is 2.32 bits per heavy atom. The van der Waals surface area contributed by atoms with Gasteiger partial charge in [-0.2, -0.15) is 0 Å². The van der Waals surface area contributed by atoms with E-state index in [1.165, 1.54) is 0 Å². The zero-order chi connectivity index (χ0) is 20.2. The molecule has 0 unspecified atom stereocenters. The molecule has 0 atom stereocenters. The van der Waals surface area contributed by atoms with Crippen molar-refractivity contribution in [2.45, 2.75) is 33.6 Å². The van der Waals surface area contributed by atoms with Gasteiger partial charge in [0.1, 0.15) is 19.0 Å². The normalized spacial score (nSPS) is 10.4. The number of para-hydroxylation sites is 1. The molecular weight excluding hydrogens is 354 g/mol. The number of hydrogen-bond donors (Lipinski definition) is 0. The number of rotatable bonds is 12. The van der Waals surface area contributed by atoms with Crippen LogP contribution in [-0.4, -0.2) is 43.7 Å². The van der Waals surface area contributed by atoms with Gasteiger partial charge in [0, 0.05) is 18.7 Å². The van der Waals surface area contributed by atoms with Crippen molar-refractivity contribution in [3.8, 4) is 17.2 Å². The van der Waals surface area contributed by atoms with Crippen LogP contribution in [0.25, 0.3) is 0 Å². The number of carbonyl (C=O) groups excluding carboxylic acids is 1. The number of hydrogen-bond acceptors (Lipinski definition) is 4. The topological polar surface area (TPSA) is 48.0 Å². The maximum absolute atomic E-state index is 12.8. The van der Waals surface area contributed by atoms with Gasteiger partial charge in [-0.3, -0.25) is 4.79 Å². The molecule has 0 aliphatic rings. The Balaban J connectivity index is 1.99. The molecule has 0 spiro atoms. The minimum Gasteiger partial charge on any atom is -0.490 e. The maximum atomic E-state index is 12.8. The van der Waals surface area contributed by atoms with Crippen LogP contribution in [0.4, 0.5) is 0 Å². The van der Waals surface area contributed by atoms with E-state index in [1.807, 2.05) is 49.1 Å². The summed E-state index contributed by atoms with van der Waals surface area (Å²) >= 11 is 0. The Morgan fingerprint density at radius 1 is 0.893 bits per heavy atom. The molecule has 2 aromatic carbocycles. The first-order valence-electron chi connectivity index (χ1n) is 10.1. The van der Waals surface area contributed by atoms with Crippen molar-refractivity contribution in [1.29, 1.82) is 0 Å². The molecule has 0 radical (unpaired) electrons. The predicted octanol–water partition coefficient (Wildman–Crippen LogP) is 4.81. The first-order chi connectivity index (χ1) is 13.7. The second-order valence-electron chi connectivity index (χ2n) is 6.34. The van der Waals surface area contributed by atoms with Gasteiger partial charge in [-0.1, -0.05) is 31.5 Å². The lowest BCUT2D eigenvalue weighted by atomic mass is 10.1. The molecule has 0 fully saturated rings. The van der Waals surface area contributed by atoms with Crippen LogP contribution in [0.2, 0.25) is 0 Å². The first kappa shape index (κ1) is 21.6. The van der Waals surface area contributed by atoms with Gasteiger partial charge in [-0.25, -0.2) is 0 Å². The Hall–Kier alpha value is -2.69. The van der Waals surface area contributed by atoms with Crippen molar-refractivity contribution in [3.63, 3.8) is 0 Å². The summed E-state index contributed by atoms with van der Waals surface area (Å²) in [5, 5.41) is 0. The van der Waals surface area contributed by atoms with Crippen molar-refractivity contribution >= 4 is 5.91 Å². The summed E-state index contributed by atoms with van der Waals surface area (Å²) in [7, 11) is 0. The summed E-state index contributed by atoms with van der Waals surface area (Å²) in [5.74, 6) is 2.03. The molecule has 0 aliphatic heterocycles. The molecule has 0 N–H and O–H groups in total. The molecule has 0 saturated heterocycles. The van der Waals surface area contributed by atoms with Gasteiger partial charge in [0.05, 0.1) is 6.61 Å². The zero-order valence-electron chi connectivity index (χ0n) is 17.1. The summed E-state index contributed by atoms with van der Waals surface area (Å²) in [5.41, 5.74) is 0.620. The molecule has 0 saturated carbocycles. The maximum Gasteiger partial charge on any atom is 0.253 e. The smallest absolute Gasteiger partial charge is 0.253 e. The van der Waals surface area contributed by atoms with Crippen LogP contribution in [0, 0.1) is 0 Å². The fourth-order valence-corrected chi connectivity index (χ4v) is 2.79. The van der Waals surface area contributed by atoms with E-state index in [0.29, 0.717) is 43.4 Å². The van der Waals surface area contributed by atoms with Crippen molar-refractivity contribution < 1.29 is 19.0 Å². The third-order valence-electron chi connectivity index (χ3n) is 4.29. The SMILES string of the molecule is CCCCN(CC)C(=O)c1ccc(OCCOc2ccccc2)c(OCC)c1. The number of amides is 1. The molecule has 2 rings (SSSR count). The van der Waals surface area contributed by atoms with Crippen LogP contribution in [0.1, 0.15) is 44.0 Å². The molecular formula is C23H31NO4. The summed E-state index contributed by atoms with van der Waals surface area (Å²) in [6.45, 7) is 8.82. The molecule has 1 amide bonds. The Labute approximate surface area is 168 Å². The Bertz CT molecular complexity index is 718. The molecule has 2 aromatic rings. The largest absolute Gasteiger partial charge is 0.490 e. The molecule has 0 aromatic heterocycles. The average Bonchev–Trinajstić information content (AvgIpc) is 2.73. The van der Waals surface area contributed by atoms with Gasteiger partial charge < -0.3 is 19.1 Å². The van der Waals surface area contributed by atoms with Gasteiger partial charge >= 0.3 is 0 Å².